The predicted octanol–water partition coefficient (Wildman–Crippen LogP) is 1.24. The lowest BCUT2D eigenvalue weighted by atomic mass is 10.3. The molecule has 0 radical (unpaired) electrons. The highest BCUT2D eigenvalue weighted by Crippen LogP contribution is 2.01. The molecule has 1 unspecified atom stereocenters. The third-order valence-electron chi connectivity index (χ3n) is 1.28. The third-order valence-corrected chi connectivity index (χ3v) is 3.83. The smallest absolute Gasteiger partial charge is 0.211 e. The van der Waals surface area contributed by atoms with Crippen molar-refractivity contribution in [1.29, 1.82) is 0 Å². The van der Waals surface area contributed by atoms with Crippen LogP contribution >= 0.6 is 23.4 Å². The molecule has 6 heteroatoms. The van der Waals surface area contributed by atoms with Crippen molar-refractivity contribution in [2.45, 2.75) is 19.4 Å². The monoisotopic (exact) mass is 231 g/mol. The highest BCUT2D eigenvalue weighted by atomic mass is 35.5. The van der Waals surface area contributed by atoms with Crippen LogP contribution in [0.1, 0.15) is 13.3 Å². The normalized spacial score (nSPS) is 14.6. The van der Waals surface area contributed by atoms with Crippen molar-refractivity contribution >= 4 is 33.4 Å². The van der Waals surface area contributed by atoms with Gasteiger partial charge in [0, 0.05) is 6.04 Å². The maximum Gasteiger partial charge on any atom is 0.225 e. The summed E-state index contributed by atoms with van der Waals surface area (Å²) in [5.41, 5.74) is 0. The molecule has 0 heterocycles. The van der Waals surface area contributed by atoms with Crippen LogP contribution in [0.5, 0.6) is 0 Å². The van der Waals surface area contributed by atoms with Crippen LogP contribution < -0.4 is 4.72 Å². The van der Waals surface area contributed by atoms with E-state index in [0.717, 1.165) is 12.2 Å². The van der Waals surface area contributed by atoms with Crippen LogP contribution in [0.4, 0.5) is 0 Å². The molecule has 0 aliphatic rings. The first-order valence-corrected chi connectivity index (χ1v) is 7.15. The number of alkyl halides is 1. The number of nitrogens with one attached hydrogen (secondary N) is 1. The van der Waals surface area contributed by atoms with Gasteiger partial charge in [-0.3, -0.25) is 0 Å². The van der Waals surface area contributed by atoms with Crippen LogP contribution in [0.3, 0.4) is 0 Å². The fourth-order valence-electron chi connectivity index (χ4n) is 0.692. The quantitative estimate of drug-likeness (QED) is 0.700. The van der Waals surface area contributed by atoms with E-state index in [1.54, 1.807) is 11.8 Å². The zero-order valence-corrected chi connectivity index (χ0v) is 9.60. The highest BCUT2D eigenvalue weighted by Gasteiger charge is 2.11. The van der Waals surface area contributed by atoms with Gasteiger partial charge in [-0.15, -0.1) is 11.6 Å². The first kappa shape index (κ1) is 12.6. The molecule has 3 nitrogen and oxygen atoms in total. The molecule has 0 amide bonds. The summed E-state index contributed by atoms with van der Waals surface area (Å²) in [5.74, 6) is 0.950. The van der Waals surface area contributed by atoms with Crippen LogP contribution in [0.25, 0.3) is 0 Å². The third kappa shape index (κ3) is 6.11. The summed E-state index contributed by atoms with van der Waals surface area (Å²) in [6, 6.07) is -0.0267. The van der Waals surface area contributed by atoms with Crippen molar-refractivity contribution in [3.05, 3.63) is 0 Å². The predicted molar refractivity (Wildman–Crippen MR) is 55.2 cm³/mol. The molecule has 0 aliphatic carbocycles. The molecule has 0 saturated carbocycles. The average molecular weight is 232 g/mol. The maximum absolute atomic E-state index is 10.9. The Morgan fingerprint density at radius 3 is 2.58 bits per heavy atom. The van der Waals surface area contributed by atoms with E-state index in [9.17, 15) is 8.42 Å². The lowest BCUT2D eigenvalue weighted by molar-refractivity contribution is 0.561. The van der Waals surface area contributed by atoms with Crippen LogP contribution in [0.15, 0.2) is 0 Å². The SMILES string of the molecule is CSCCC(C)NS(=O)(=O)CCl. The lowest BCUT2D eigenvalue weighted by Gasteiger charge is -2.11. The molecule has 0 fully saturated rings. The summed E-state index contributed by atoms with van der Waals surface area (Å²) in [6.45, 7) is 1.83. The Balaban J connectivity index is 3.76. The first-order chi connectivity index (χ1) is 5.52. The Morgan fingerprint density at radius 1 is 1.58 bits per heavy atom. The second-order valence-electron chi connectivity index (χ2n) is 2.52. The molecule has 0 rings (SSSR count). The summed E-state index contributed by atoms with van der Waals surface area (Å²) in [5, 5.41) is -0.364. The second-order valence-corrected chi connectivity index (χ2v) is 5.85. The Kier molecular flexibility index (Phi) is 6.35. The van der Waals surface area contributed by atoms with E-state index in [4.69, 9.17) is 11.6 Å². The van der Waals surface area contributed by atoms with Crippen LogP contribution in [-0.4, -0.2) is 31.7 Å². The van der Waals surface area contributed by atoms with Gasteiger partial charge in [-0.1, -0.05) is 0 Å². The van der Waals surface area contributed by atoms with Gasteiger partial charge in [0.15, 0.2) is 0 Å². The van der Waals surface area contributed by atoms with E-state index >= 15 is 0 Å². The Morgan fingerprint density at radius 2 is 2.17 bits per heavy atom. The van der Waals surface area contributed by atoms with Crippen molar-refractivity contribution < 1.29 is 8.42 Å². The van der Waals surface area contributed by atoms with Gasteiger partial charge in [-0.05, 0) is 25.4 Å². The molecule has 0 aliphatic heterocycles. The molecular weight excluding hydrogens is 218 g/mol. The first-order valence-electron chi connectivity index (χ1n) is 3.56. The number of sulfonamides is 1. The summed E-state index contributed by atoms with van der Waals surface area (Å²) in [4.78, 5) is 0. The van der Waals surface area contributed by atoms with E-state index in [1.165, 1.54) is 0 Å². The van der Waals surface area contributed by atoms with Crippen LogP contribution in [0.2, 0.25) is 0 Å². The van der Waals surface area contributed by atoms with Gasteiger partial charge in [-0.25, -0.2) is 13.1 Å². The number of halogens is 1. The van der Waals surface area contributed by atoms with Crippen molar-refractivity contribution in [3.63, 3.8) is 0 Å². The Bertz CT molecular complexity index is 206. The molecule has 0 saturated heterocycles. The minimum Gasteiger partial charge on any atom is -0.211 e. The van der Waals surface area contributed by atoms with Gasteiger partial charge < -0.3 is 0 Å². The van der Waals surface area contributed by atoms with Gasteiger partial charge in [0.05, 0.1) is 0 Å². The maximum atomic E-state index is 10.9. The van der Waals surface area contributed by atoms with Crippen molar-refractivity contribution in [1.82, 2.24) is 4.72 Å². The van der Waals surface area contributed by atoms with Crippen molar-refractivity contribution in [3.8, 4) is 0 Å². The minimum atomic E-state index is -3.24. The minimum absolute atomic E-state index is 0.0267. The summed E-state index contributed by atoms with van der Waals surface area (Å²) in [6.07, 6.45) is 2.82. The molecular formula is C6H14ClNO2S2. The highest BCUT2D eigenvalue weighted by molar-refractivity contribution is 7.98. The van der Waals surface area contributed by atoms with E-state index in [2.05, 4.69) is 4.72 Å². The number of thioether (sulfide) groups is 1. The van der Waals surface area contributed by atoms with E-state index in [1.807, 2.05) is 13.2 Å². The second kappa shape index (κ2) is 6.07. The van der Waals surface area contributed by atoms with Gasteiger partial charge >= 0.3 is 0 Å². The van der Waals surface area contributed by atoms with Gasteiger partial charge in [0.2, 0.25) is 10.0 Å². The molecule has 1 N–H and O–H groups in total. The lowest BCUT2D eigenvalue weighted by Crippen LogP contribution is -2.33. The van der Waals surface area contributed by atoms with Crippen LogP contribution in [-0.2, 0) is 10.0 Å². The fraction of sp³-hybridized carbons (Fsp3) is 1.00. The molecule has 1 atom stereocenters. The van der Waals surface area contributed by atoms with Gasteiger partial charge in [-0.2, -0.15) is 11.8 Å². The molecule has 0 spiro atoms. The molecule has 0 aromatic rings. The molecule has 12 heavy (non-hydrogen) atoms. The number of rotatable bonds is 6. The van der Waals surface area contributed by atoms with Gasteiger partial charge in [0.25, 0.3) is 0 Å². The van der Waals surface area contributed by atoms with Crippen LogP contribution in [0, 0.1) is 0 Å². The number of hydrogen-bond acceptors (Lipinski definition) is 3. The van der Waals surface area contributed by atoms with E-state index in [-0.39, 0.29) is 11.3 Å². The topological polar surface area (TPSA) is 46.2 Å². The standard InChI is InChI=1S/C6H14ClNO2S2/c1-6(3-4-11-2)8-12(9,10)5-7/h6,8H,3-5H2,1-2H3. The largest absolute Gasteiger partial charge is 0.225 e. The molecule has 0 aromatic heterocycles. The summed E-state index contributed by atoms with van der Waals surface area (Å²) < 4.78 is 24.3. The Labute approximate surface area is 83.3 Å². The van der Waals surface area contributed by atoms with Crippen molar-refractivity contribution in [2.24, 2.45) is 0 Å². The van der Waals surface area contributed by atoms with Crippen molar-refractivity contribution in [2.75, 3.05) is 17.2 Å². The zero-order chi connectivity index (χ0) is 9.61. The zero-order valence-electron chi connectivity index (χ0n) is 7.21. The van der Waals surface area contributed by atoms with Gasteiger partial charge in [0.1, 0.15) is 5.21 Å². The Hall–Kier alpha value is 0.550. The average Bonchev–Trinajstić information content (AvgIpc) is 2.00. The van der Waals surface area contributed by atoms with E-state index < -0.39 is 10.0 Å². The fourth-order valence-corrected chi connectivity index (χ4v) is 2.26. The summed E-state index contributed by atoms with van der Waals surface area (Å²) in [7, 11) is -3.24. The summed E-state index contributed by atoms with van der Waals surface area (Å²) >= 11 is 6.91. The molecule has 74 valence electrons. The van der Waals surface area contributed by atoms with E-state index in [0.29, 0.717) is 0 Å². The molecule has 0 bridgehead atoms. The number of hydrogen-bond donors (Lipinski definition) is 1. The molecule has 0 aromatic carbocycles.